The molecule has 1 heterocycles. The fourth-order valence-corrected chi connectivity index (χ4v) is 2.31. The van der Waals surface area contributed by atoms with Gasteiger partial charge in [0.1, 0.15) is 12.4 Å². The van der Waals surface area contributed by atoms with Crippen LogP contribution in [0.15, 0.2) is 54.3 Å². The molecule has 0 amide bonds. The van der Waals surface area contributed by atoms with Crippen LogP contribution < -0.4 is 4.74 Å². The van der Waals surface area contributed by atoms with Crippen LogP contribution in [0.4, 0.5) is 8.78 Å². The van der Waals surface area contributed by atoms with Crippen molar-refractivity contribution in [2.24, 2.45) is 0 Å². The van der Waals surface area contributed by atoms with E-state index in [1.54, 1.807) is 12.0 Å². The van der Waals surface area contributed by atoms with E-state index in [9.17, 15) is 8.78 Å². The molecule has 0 saturated carbocycles. The third-order valence-electron chi connectivity index (χ3n) is 3.59. The molecule has 0 saturated heterocycles. The number of ether oxygens (including phenoxy) is 2. The summed E-state index contributed by atoms with van der Waals surface area (Å²) in [6.07, 6.45) is 1.30. The number of hydrogen-bond donors (Lipinski definition) is 0. The fourth-order valence-electron chi connectivity index (χ4n) is 2.31. The molecule has 23 heavy (non-hydrogen) atoms. The zero-order chi connectivity index (χ0) is 16.8. The summed E-state index contributed by atoms with van der Waals surface area (Å²) in [7, 11) is 1.61. The van der Waals surface area contributed by atoms with Gasteiger partial charge in [0.25, 0.3) is 6.43 Å². The maximum absolute atomic E-state index is 12.9. The number of benzene rings is 1. The summed E-state index contributed by atoms with van der Waals surface area (Å²) in [6.45, 7) is 6.39. The third-order valence-corrected chi connectivity index (χ3v) is 3.59. The number of methoxy groups -OCH3 is 1. The van der Waals surface area contributed by atoms with E-state index in [1.165, 1.54) is 0 Å². The van der Waals surface area contributed by atoms with Gasteiger partial charge in [-0.25, -0.2) is 8.78 Å². The predicted octanol–water partition coefficient (Wildman–Crippen LogP) is 4.09. The van der Waals surface area contributed by atoms with Gasteiger partial charge in [-0.1, -0.05) is 12.7 Å². The second-order valence-corrected chi connectivity index (χ2v) is 5.22. The predicted molar refractivity (Wildman–Crippen MR) is 87.4 cm³/mol. The van der Waals surface area contributed by atoms with Crippen LogP contribution in [0.3, 0.4) is 0 Å². The molecule has 1 aromatic rings. The van der Waals surface area contributed by atoms with Crippen molar-refractivity contribution in [2.75, 3.05) is 26.9 Å². The Labute approximate surface area is 135 Å². The largest absolute Gasteiger partial charge is 0.491 e. The van der Waals surface area contributed by atoms with E-state index in [0.29, 0.717) is 30.4 Å². The summed E-state index contributed by atoms with van der Waals surface area (Å²) in [6, 6.07) is 7.35. The van der Waals surface area contributed by atoms with Gasteiger partial charge in [-0.15, -0.1) is 0 Å². The topological polar surface area (TPSA) is 21.7 Å². The lowest BCUT2D eigenvalue weighted by Gasteiger charge is -2.32. The SMILES string of the molecule is C=C1C(C)=CC=C(c2ccc(OCCOC)cc2)N1CC(F)F. The molecular weight excluding hydrogens is 300 g/mol. The van der Waals surface area contributed by atoms with Crippen molar-refractivity contribution in [3.05, 3.63) is 59.8 Å². The molecular formula is C18H21F2NO2. The van der Waals surface area contributed by atoms with E-state index in [1.807, 2.05) is 43.3 Å². The molecule has 3 nitrogen and oxygen atoms in total. The van der Waals surface area contributed by atoms with Crippen molar-refractivity contribution in [1.82, 2.24) is 4.90 Å². The standard InChI is InChI=1S/C18H21F2NO2/c1-13-4-9-17(21(14(13)2)12-18(19)20)15-5-7-16(8-6-15)23-11-10-22-3/h4-9,18H,2,10-12H2,1,3H3. The van der Waals surface area contributed by atoms with Crippen LogP contribution in [0.25, 0.3) is 5.70 Å². The second-order valence-electron chi connectivity index (χ2n) is 5.22. The van der Waals surface area contributed by atoms with Gasteiger partial charge in [-0.05, 0) is 48.4 Å². The minimum absolute atomic E-state index is 0.373. The minimum Gasteiger partial charge on any atom is -0.491 e. The summed E-state index contributed by atoms with van der Waals surface area (Å²) in [4.78, 5) is 1.56. The highest BCUT2D eigenvalue weighted by Gasteiger charge is 2.22. The highest BCUT2D eigenvalue weighted by molar-refractivity contribution is 5.71. The first-order valence-electron chi connectivity index (χ1n) is 7.38. The number of alkyl halides is 2. The molecule has 124 valence electrons. The number of nitrogens with zero attached hydrogens (tertiary/aromatic N) is 1. The molecule has 1 aliphatic rings. The van der Waals surface area contributed by atoms with Crippen molar-refractivity contribution < 1.29 is 18.3 Å². The summed E-state index contributed by atoms with van der Waals surface area (Å²) < 4.78 is 36.2. The zero-order valence-corrected chi connectivity index (χ0v) is 13.4. The maximum atomic E-state index is 12.9. The van der Waals surface area contributed by atoms with Gasteiger partial charge in [0.15, 0.2) is 0 Å². The van der Waals surface area contributed by atoms with Gasteiger partial charge in [0.2, 0.25) is 0 Å². The van der Waals surface area contributed by atoms with Crippen molar-refractivity contribution in [3.8, 4) is 5.75 Å². The molecule has 0 N–H and O–H groups in total. The average Bonchev–Trinajstić information content (AvgIpc) is 2.53. The summed E-state index contributed by atoms with van der Waals surface area (Å²) in [5.74, 6) is 0.716. The molecule has 1 aliphatic heterocycles. The van der Waals surface area contributed by atoms with Crippen LogP contribution in [0.1, 0.15) is 12.5 Å². The molecule has 0 atom stereocenters. The van der Waals surface area contributed by atoms with Crippen molar-refractivity contribution >= 4 is 5.70 Å². The number of hydrogen-bond acceptors (Lipinski definition) is 3. The molecule has 0 radical (unpaired) electrons. The van der Waals surface area contributed by atoms with E-state index in [4.69, 9.17) is 9.47 Å². The minimum atomic E-state index is -2.43. The first kappa shape index (κ1) is 17.2. The highest BCUT2D eigenvalue weighted by atomic mass is 19.3. The maximum Gasteiger partial charge on any atom is 0.256 e. The summed E-state index contributed by atoms with van der Waals surface area (Å²) in [5.41, 5.74) is 3.04. The quantitative estimate of drug-likeness (QED) is 0.706. The lowest BCUT2D eigenvalue weighted by molar-refractivity contribution is 0.123. The fraction of sp³-hybridized carbons (Fsp3) is 0.333. The van der Waals surface area contributed by atoms with Gasteiger partial charge < -0.3 is 14.4 Å². The Morgan fingerprint density at radius 2 is 1.83 bits per heavy atom. The monoisotopic (exact) mass is 321 g/mol. The zero-order valence-electron chi connectivity index (χ0n) is 13.4. The Kier molecular flexibility index (Phi) is 5.93. The Balaban J connectivity index is 2.19. The van der Waals surface area contributed by atoms with Crippen LogP contribution >= 0.6 is 0 Å². The molecule has 0 spiro atoms. The van der Waals surface area contributed by atoms with Gasteiger partial charge >= 0.3 is 0 Å². The van der Waals surface area contributed by atoms with Crippen molar-refractivity contribution in [2.45, 2.75) is 13.3 Å². The second kappa shape index (κ2) is 7.92. The normalized spacial score (nSPS) is 14.8. The molecule has 2 rings (SSSR count). The molecule has 0 bridgehead atoms. The molecule has 0 fully saturated rings. The molecule has 1 aromatic carbocycles. The van der Waals surface area contributed by atoms with Crippen LogP contribution in [-0.4, -0.2) is 38.2 Å². The Morgan fingerprint density at radius 3 is 2.43 bits per heavy atom. The molecule has 0 unspecified atom stereocenters. The lowest BCUT2D eigenvalue weighted by Crippen LogP contribution is -2.28. The van der Waals surface area contributed by atoms with Crippen molar-refractivity contribution in [1.29, 1.82) is 0 Å². The Bertz CT molecular complexity index is 606. The van der Waals surface area contributed by atoms with Gasteiger partial charge in [0, 0.05) is 18.5 Å². The van der Waals surface area contributed by atoms with Gasteiger partial charge in [-0.2, -0.15) is 0 Å². The number of halogens is 2. The number of rotatable bonds is 7. The van der Waals surface area contributed by atoms with Crippen LogP contribution in [0.5, 0.6) is 5.75 Å². The Morgan fingerprint density at radius 1 is 1.13 bits per heavy atom. The van der Waals surface area contributed by atoms with Crippen molar-refractivity contribution in [3.63, 3.8) is 0 Å². The van der Waals surface area contributed by atoms with E-state index in [0.717, 1.165) is 11.1 Å². The Hall–Kier alpha value is -2.14. The first-order chi connectivity index (χ1) is 11.0. The molecule has 0 aliphatic carbocycles. The lowest BCUT2D eigenvalue weighted by atomic mass is 10.0. The van der Waals surface area contributed by atoms with E-state index in [2.05, 4.69) is 6.58 Å². The smallest absolute Gasteiger partial charge is 0.256 e. The summed E-state index contributed by atoms with van der Waals surface area (Å²) >= 11 is 0. The van der Waals surface area contributed by atoms with Gasteiger partial charge in [-0.3, -0.25) is 0 Å². The van der Waals surface area contributed by atoms with E-state index >= 15 is 0 Å². The average molecular weight is 321 g/mol. The van der Waals surface area contributed by atoms with Crippen LogP contribution in [0.2, 0.25) is 0 Å². The molecule has 0 aromatic heterocycles. The van der Waals surface area contributed by atoms with E-state index in [-0.39, 0.29) is 6.54 Å². The first-order valence-corrected chi connectivity index (χ1v) is 7.38. The van der Waals surface area contributed by atoms with E-state index < -0.39 is 6.43 Å². The number of allylic oxidation sites excluding steroid dienone is 3. The summed E-state index contributed by atoms with van der Waals surface area (Å²) in [5, 5.41) is 0. The highest BCUT2D eigenvalue weighted by Crippen LogP contribution is 2.31. The molecule has 5 heteroatoms. The van der Waals surface area contributed by atoms with Crippen LogP contribution in [0, 0.1) is 0 Å². The third kappa shape index (κ3) is 4.42. The van der Waals surface area contributed by atoms with Gasteiger partial charge in [0.05, 0.1) is 13.2 Å². The van der Waals surface area contributed by atoms with Crippen LogP contribution in [-0.2, 0) is 4.74 Å².